The third kappa shape index (κ3) is 3.15. The number of carbonyl (C=O) groups excluding carboxylic acids is 1. The Balaban J connectivity index is 1.64. The van der Waals surface area contributed by atoms with Crippen molar-refractivity contribution in [3.8, 4) is 5.75 Å². The van der Waals surface area contributed by atoms with E-state index in [0.29, 0.717) is 17.4 Å². The Labute approximate surface area is 122 Å². The first-order valence-corrected chi connectivity index (χ1v) is 7.18. The van der Waals surface area contributed by atoms with Crippen LogP contribution in [0.5, 0.6) is 5.75 Å². The molecular formula is C15H18F2N2O2. The molecule has 1 N–H and O–H groups in total. The van der Waals surface area contributed by atoms with Crippen LogP contribution in [0, 0.1) is 11.8 Å². The maximum absolute atomic E-state index is 12.4. The molecule has 0 radical (unpaired) electrons. The highest BCUT2D eigenvalue weighted by Crippen LogP contribution is 2.27. The second kappa shape index (κ2) is 5.97. The summed E-state index contributed by atoms with van der Waals surface area (Å²) >= 11 is 0. The van der Waals surface area contributed by atoms with Gasteiger partial charge in [0.2, 0.25) is 0 Å². The van der Waals surface area contributed by atoms with Crippen molar-refractivity contribution in [2.45, 2.75) is 13.0 Å². The van der Waals surface area contributed by atoms with Crippen molar-refractivity contribution < 1.29 is 18.3 Å². The molecule has 0 aromatic heterocycles. The van der Waals surface area contributed by atoms with Crippen molar-refractivity contribution in [1.82, 2.24) is 10.2 Å². The van der Waals surface area contributed by atoms with E-state index in [-0.39, 0.29) is 11.7 Å². The summed E-state index contributed by atoms with van der Waals surface area (Å²) in [6.07, 6.45) is 1.02. The Morgan fingerprint density at radius 2 is 1.95 bits per heavy atom. The third-order valence-electron chi connectivity index (χ3n) is 4.32. The number of piperidine rings is 1. The monoisotopic (exact) mass is 296 g/mol. The van der Waals surface area contributed by atoms with Crippen LogP contribution in [0.25, 0.3) is 0 Å². The molecule has 2 aliphatic rings. The number of likely N-dealkylation sites (tertiary alicyclic amines) is 1. The molecular weight excluding hydrogens is 278 g/mol. The Morgan fingerprint density at radius 1 is 1.24 bits per heavy atom. The van der Waals surface area contributed by atoms with E-state index in [9.17, 15) is 13.6 Å². The van der Waals surface area contributed by atoms with Crippen LogP contribution < -0.4 is 10.1 Å². The van der Waals surface area contributed by atoms with E-state index in [1.807, 2.05) is 4.90 Å². The van der Waals surface area contributed by atoms with Gasteiger partial charge >= 0.3 is 6.61 Å². The Morgan fingerprint density at radius 3 is 2.67 bits per heavy atom. The number of carbonyl (C=O) groups is 1. The summed E-state index contributed by atoms with van der Waals surface area (Å²) in [6, 6.07) is 5.89. The van der Waals surface area contributed by atoms with Gasteiger partial charge in [-0.15, -0.1) is 0 Å². The molecule has 1 amide bonds. The predicted molar refractivity (Wildman–Crippen MR) is 73.4 cm³/mol. The highest BCUT2D eigenvalue weighted by atomic mass is 19.3. The predicted octanol–water partition coefficient (Wildman–Crippen LogP) is 1.97. The fourth-order valence-corrected chi connectivity index (χ4v) is 3.18. The van der Waals surface area contributed by atoms with Gasteiger partial charge in [-0.3, -0.25) is 4.79 Å². The van der Waals surface area contributed by atoms with Crippen LogP contribution in [0.3, 0.4) is 0 Å². The second-order valence-corrected chi connectivity index (χ2v) is 5.62. The minimum Gasteiger partial charge on any atom is -0.435 e. The first-order chi connectivity index (χ1) is 10.1. The summed E-state index contributed by atoms with van der Waals surface area (Å²) in [7, 11) is 0. The van der Waals surface area contributed by atoms with Crippen LogP contribution in [0.15, 0.2) is 24.3 Å². The first kappa shape index (κ1) is 14.3. The number of benzene rings is 1. The van der Waals surface area contributed by atoms with Crippen LogP contribution in [0.2, 0.25) is 0 Å². The summed E-state index contributed by atoms with van der Waals surface area (Å²) in [6.45, 7) is 0.700. The van der Waals surface area contributed by atoms with Crippen LogP contribution in [-0.2, 0) is 0 Å². The molecule has 0 bridgehead atoms. The van der Waals surface area contributed by atoms with Gasteiger partial charge in [0.05, 0.1) is 0 Å². The lowest BCUT2D eigenvalue weighted by Gasteiger charge is -2.34. The zero-order valence-corrected chi connectivity index (χ0v) is 11.6. The summed E-state index contributed by atoms with van der Waals surface area (Å²) in [5, 5.41) is 3.36. The average molecular weight is 296 g/mol. The van der Waals surface area contributed by atoms with Crippen molar-refractivity contribution in [1.29, 1.82) is 0 Å². The number of nitrogens with zero attached hydrogens (tertiary/aromatic N) is 1. The number of rotatable bonds is 3. The zero-order chi connectivity index (χ0) is 14.8. The lowest BCUT2D eigenvalue weighted by atomic mass is 9.88. The van der Waals surface area contributed by atoms with E-state index in [4.69, 9.17) is 0 Å². The van der Waals surface area contributed by atoms with Gasteiger partial charge < -0.3 is 15.0 Å². The van der Waals surface area contributed by atoms with E-state index in [1.165, 1.54) is 12.1 Å². The van der Waals surface area contributed by atoms with Gasteiger partial charge in [0.1, 0.15) is 5.75 Å². The summed E-state index contributed by atoms with van der Waals surface area (Å²) < 4.78 is 28.5. The molecule has 1 aromatic rings. The number of alkyl halides is 2. The van der Waals surface area contributed by atoms with Gasteiger partial charge in [0.15, 0.2) is 0 Å². The van der Waals surface area contributed by atoms with Crippen molar-refractivity contribution >= 4 is 5.91 Å². The maximum Gasteiger partial charge on any atom is 0.387 e. The molecule has 2 fully saturated rings. The van der Waals surface area contributed by atoms with E-state index < -0.39 is 6.61 Å². The van der Waals surface area contributed by atoms with Crippen molar-refractivity contribution in [2.75, 3.05) is 26.2 Å². The molecule has 2 saturated heterocycles. The zero-order valence-electron chi connectivity index (χ0n) is 11.6. The van der Waals surface area contributed by atoms with Gasteiger partial charge in [-0.1, -0.05) is 0 Å². The number of halogens is 2. The van der Waals surface area contributed by atoms with Crippen molar-refractivity contribution in [3.63, 3.8) is 0 Å². The van der Waals surface area contributed by atoms with Gasteiger partial charge in [0.25, 0.3) is 5.91 Å². The molecule has 0 aliphatic carbocycles. The molecule has 2 atom stereocenters. The Hall–Kier alpha value is -1.69. The van der Waals surface area contributed by atoms with E-state index in [1.54, 1.807) is 12.1 Å². The molecule has 4 nitrogen and oxygen atoms in total. The standard InChI is InChI=1S/C15H18F2N2O2/c16-15(17)21-13-3-1-10(2-4-13)14(20)19-6-5-11-7-18-8-12(11)9-19/h1-4,11-12,15,18H,5-9H2. The minimum absolute atomic E-state index is 0.0380. The summed E-state index contributed by atoms with van der Waals surface area (Å²) in [4.78, 5) is 14.3. The third-order valence-corrected chi connectivity index (χ3v) is 4.32. The Bertz CT molecular complexity index is 507. The van der Waals surface area contributed by atoms with Gasteiger partial charge in [-0.25, -0.2) is 0 Å². The molecule has 2 heterocycles. The van der Waals surface area contributed by atoms with E-state index in [0.717, 1.165) is 32.6 Å². The number of fused-ring (bicyclic) bond motifs is 1. The van der Waals surface area contributed by atoms with Crippen molar-refractivity contribution in [2.24, 2.45) is 11.8 Å². The molecule has 0 spiro atoms. The number of hydrogen-bond donors (Lipinski definition) is 1. The highest BCUT2D eigenvalue weighted by molar-refractivity contribution is 5.94. The largest absolute Gasteiger partial charge is 0.435 e. The van der Waals surface area contributed by atoms with Crippen molar-refractivity contribution in [3.05, 3.63) is 29.8 Å². The molecule has 2 unspecified atom stereocenters. The van der Waals surface area contributed by atoms with Crippen LogP contribution in [-0.4, -0.2) is 43.6 Å². The molecule has 6 heteroatoms. The number of nitrogens with one attached hydrogen (secondary N) is 1. The smallest absolute Gasteiger partial charge is 0.387 e. The normalized spacial score (nSPS) is 25.0. The van der Waals surface area contributed by atoms with Gasteiger partial charge in [0, 0.05) is 18.7 Å². The SMILES string of the molecule is O=C(c1ccc(OC(F)F)cc1)N1CCC2CNCC2C1. The fourth-order valence-electron chi connectivity index (χ4n) is 3.18. The Kier molecular flexibility index (Phi) is 4.05. The molecule has 114 valence electrons. The molecule has 21 heavy (non-hydrogen) atoms. The molecule has 2 aliphatic heterocycles. The van der Waals surface area contributed by atoms with E-state index >= 15 is 0 Å². The molecule has 3 rings (SSSR count). The quantitative estimate of drug-likeness (QED) is 0.927. The minimum atomic E-state index is -2.85. The average Bonchev–Trinajstić information content (AvgIpc) is 2.94. The lowest BCUT2D eigenvalue weighted by molar-refractivity contribution is -0.0498. The molecule has 0 saturated carbocycles. The van der Waals surface area contributed by atoms with E-state index in [2.05, 4.69) is 10.1 Å². The number of hydrogen-bond acceptors (Lipinski definition) is 3. The lowest BCUT2D eigenvalue weighted by Crippen LogP contribution is -2.43. The highest BCUT2D eigenvalue weighted by Gasteiger charge is 2.34. The number of ether oxygens (including phenoxy) is 1. The van der Waals surface area contributed by atoms with Crippen LogP contribution in [0.4, 0.5) is 8.78 Å². The van der Waals surface area contributed by atoms with Gasteiger partial charge in [-0.2, -0.15) is 8.78 Å². The summed E-state index contributed by atoms with van der Waals surface area (Å²) in [5.74, 6) is 1.24. The fraction of sp³-hybridized carbons (Fsp3) is 0.533. The first-order valence-electron chi connectivity index (χ1n) is 7.18. The van der Waals surface area contributed by atoms with Gasteiger partial charge in [-0.05, 0) is 55.6 Å². The topological polar surface area (TPSA) is 41.6 Å². The maximum atomic E-state index is 12.4. The molecule has 1 aromatic carbocycles. The second-order valence-electron chi connectivity index (χ2n) is 5.62. The van der Waals surface area contributed by atoms with Crippen LogP contribution in [0.1, 0.15) is 16.8 Å². The summed E-state index contributed by atoms with van der Waals surface area (Å²) in [5.41, 5.74) is 0.515. The van der Waals surface area contributed by atoms with Crippen LogP contribution >= 0.6 is 0 Å². The number of amides is 1.